The Morgan fingerprint density at radius 3 is 2.54 bits per heavy atom. The maximum Gasteiger partial charge on any atom is 0.239 e. The van der Waals surface area contributed by atoms with E-state index in [4.69, 9.17) is 0 Å². The van der Waals surface area contributed by atoms with Crippen molar-refractivity contribution in [2.45, 2.75) is 19.9 Å². The van der Waals surface area contributed by atoms with E-state index in [1.54, 1.807) is 4.68 Å². The molecule has 3 rings (SSSR count). The first kappa shape index (κ1) is 18.5. The molecule has 1 aliphatic rings. The Kier molecular flexibility index (Phi) is 6.00. The molecule has 0 spiro atoms. The SMILES string of the molecule is Cc1cc(NC(=O)CN2CCCN(Cc3ccc(F)cc3)CC2)n(C)n1. The molecule has 1 fully saturated rings. The molecule has 1 saturated heterocycles. The van der Waals surface area contributed by atoms with Gasteiger partial charge in [0, 0.05) is 32.7 Å². The van der Waals surface area contributed by atoms with Gasteiger partial charge >= 0.3 is 0 Å². The molecule has 1 aromatic heterocycles. The van der Waals surface area contributed by atoms with Gasteiger partial charge in [0.15, 0.2) is 0 Å². The zero-order valence-electron chi connectivity index (χ0n) is 15.4. The van der Waals surface area contributed by atoms with E-state index in [0.717, 1.165) is 56.2 Å². The maximum absolute atomic E-state index is 13.0. The van der Waals surface area contributed by atoms with Crippen molar-refractivity contribution < 1.29 is 9.18 Å². The van der Waals surface area contributed by atoms with Crippen molar-refractivity contribution in [2.75, 3.05) is 38.0 Å². The van der Waals surface area contributed by atoms with Gasteiger partial charge in [0.05, 0.1) is 12.2 Å². The van der Waals surface area contributed by atoms with E-state index < -0.39 is 0 Å². The van der Waals surface area contributed by atoms with E-state index in [0.29, 0.717) is 6.54 Å². The van der Waals surface area contributed by atoms with Gasteiger partial charge in [-0.15, -0.1) is 0 Å². The Labute approximate surface area is 153 Å². The molecule has 140 valence electrons. The van der Waals surface area contributed by atoms with Crippen molar-refractivity contribution >= 4 is 11.7 Å². The third-order valence-electron chi connectivity index (χ3n) is 4.64. The zero-order valence-corrected chi connectivity index (χ0v) is 15.4. The van der Waals surface area contributed by atoms with E-state index >= 15 is 0 Å². The molecule has 7 heteroatoms. The molecule has 0 unspecified atom stereocenters. The van der Waals surface area contributed by atoms with Gasteiger partial charge in [-0.3, -0.25) is 19.3 Å². The van der Waals surface area contributed by atoms with E-state index in [2.05, 4.69) is 20.2 Å². The first-order valence-electron chi connectivity index (χ1n) is 8.99. The minimum absolute atomic E-state index is 0.0139. The number of hydrogen-bond acceptors (Lipinski definition) is 4. The molecule has 2 heterocycles. The summed E-state index contributed by atoms with van der Waals surface area (Å²) in [6.07, 6.45) is 1.01. The predicted octanol–water partition coefficient (Wildman–Crippen LogP) is 2.01. The molecule has 6 nitrogen and oxygen atoms in total. The number of nitrogens with zero attached hydrogens (tertiary/aromatic N) is 4. The lowest BCUT2D eigenvalue weighted by molar-refractivity contribution is -0.117. The summed E-state index contributed by atoms with van der Waals surface area (Å²) in [5, 5.41) is 7.17. The third-order valence-corrected chi connectivity index (χ3v) is 4.64. The van der Waals surface area contributed by atoms with E-state index in [1.165, 1.54) is 12.1 Å². The third kappa shape index (κ3) is 5.12. The highest BCUT2D eigenvalue weighted by Crippen LogP contribution is 2.11. The summed E-state index contributed by atoms with van der Waals surface area (Å²) in [6.45, 7) is 6.73. The highest BCUT2D eigenvalue weighted by molar-refractivity contribution is 5.91. The lowest BCUT2D eigenvalue weighted by Gasteiger charge is -2.21. The number of nitrogens with one attached hydrogen (secondary N) is 1. The number of hydrogen-bond donors (Lipinski definition) is 1. The van der Waals surface area contributed by atoms with Crippen LogP contribution in [0.25, 0.3) is 0 Å². The molecule has 0 bridgehead atoms. The number of rotatable bonds is 5. The summed E-state index contributed by atoms with van der Waals surface area (Å²) >= 11 is 0. The van der Waals surface area contributed by atoms with Gasteiger partial charge in [-0.2, -0.15) is 5.10 Å². The van der Waals surface area contributed by atoms with E-state index in [9.17, 15) is 9.18 Å². The minimum atomic E-state index is -0.203. The Hall–Kier alpha value is -2.25. The van der Waals surface area contributed by atoms with Crippen LogP contribution in [-0.2, 0) is 18.4 Å². The molecule has 0 radical (unpaired) electrons. The van der Waals surface area contributed by atoms with Crippen LogP contribution < -0.4 is 5.32 Å². The standard InChI is InChI=1S/C19H26FN5O/c1-15-12-18(23(2)22-15)21-19(26)14-25-9-3-8-24(10-11-25)13-16-4-6-17(20)7-5-16/h4-7,12H,3,8-11,13-14H2,1-2H3,(H,21,26). The average molecular weight is 359 g/mol. The van der Waals surface area contributed by atoms with Crippen LogP contribution >= 0.6 is 0 Å². The van der Waals surface area contributed by atoms with Crippen molar-refractivity contribution in [1.82, 2.24) is 19.6 Å². The van der Waals surface area contributed by atoms with Crippen molar-refractivity contribution in [2.24, 2.45) is 7.05 Å². The summed E-state index contributed by atoms with van der Waals surface area (Å²) in [6, 6.07) is 8.54. The number of anilines is 1. The van der Waals surface area contributed by atoms with Crippen LogP contribution in [0.2, 0.25) is 0 Å². The van der Waals surface area contributed by atoms with Gasteiger partial charge in [0.2, 0.25) is 5.91 Å². The van der Waals surface area contributed by atoms with Crippen LogP contribution in [0.1, 0.15) is 17.7 Å². The van der Waals surface area contributed by atoms with Gasteiger partial charge < -0.3 is 5.32 Å². The molecule has 2 aromatic rings. The predicted molar refractivity (Wildman–Crippen MR) is 99.3 cm³/mol. The summed E-state index contributed by atoms with van der Waals surface area (Å²) in [7, 11) is 1.82. The molecule has 1 N–H and O–H groups in total. The second kappa shape index (κ2) is 8.42. The fourth-order valence-corrected chi connectivity index (χ4v) is 3.30. The fourth-order valence-electron chi connectivity index (χ4n) is 3.30. The van der Waals surface area contributed by atoms with Crippen LogP contribution in [0.4, 0.5) is 10.2 Å². The molecular formula is C19H26FN5O. The molecule has 0 aliphatic carbocycles. The van der Waals surface area contributed by atoms with Crippen LogP contribution in [0, 0.1) is 12.7 Å². The lowest BCUT2D eigenvalue weighted by atomic mass is 10.2. The smallest absolute Gasteiger partial charge is 0.239 e. The van der Waals surface area contributed by atoms with Gasteiger partial charge in [-0.1, -0.05) is 12.1 Å². The monoisotopic (exact) mass is 359 g/mol. The molecule has 0 atom stereocenters. The van der Waals surface area contributed by atoms with Crippen LogP contribution in [0.5, 0.6) is 0 Å². The average Bonchev–Trinajstić information content (AvgIpc) is 2.78. The minimum Gasteiger partial charge on any atom is -0.310 e. The fraction of sp³-hybridized carbons (Fsp3) is 0.474. The van der Waals surface area contributed by atoms with Gasteiger partial charge in [0.1, 0.15) is 11.6 Å². The number of benzene rings is 1. The number of halogens is 1. The summed E-state index contributed by atoms with van der Waals surface area (Å²) < 4.78 is 14.7. The molecule has 1 aromatic carbocycles. The second-order valence-corrected chi connectivity index (χ2v) is 6.88. The van der Waals surface area contributed by atoms with Crippen LogP contribution in [0.15, 0.2) is 30.3 Å². The zero-order chi connectivity index (χ0) is 18.5. The summed E-state index contributed by atoms with van der Waals surface area (Å²) in [4.78, 5) is 16.9. The molecule has 0 saturated carbocycles. The van der Waals surface area contributed by atoms with Gasteiger partial charge in [-0.05, 0) is 44.1 Å². The number of carbonyl (C=O) groups excluding carboxylic acids is 1. The molecular weight excluding hydrogens is 333 g/mol. The Balaban J connectivity index is 1.48. The van der Waals surface area contributed by atoms with Crippen molar-refractivity contribution in [3.63, 3.8) is 0 Å². The quantitative estimate of drug-likeness (QED) is 0.887. The maximum atomic E-state index is 13.0. The Bertz CT molecular complexity index is 743. The van der Waals surface area contributed by atoms with Gasteiger partial charge in [-0.25, -0.2) is 4.39 Å². The first-order chi connectivity index (χ1) is 12.5. The number of aromatic nitrogens is 2. The van der Waals surface area contributed by atoms with Crippen molar-refractivity contribution in [3.8, 4) is 0 Å². The van der Waals surface area contributed by atoms with E-state index in [1.807, 2.05) is 32.2 Å². The first-order valence-corrected chi connectivity index (χ1v) is 8.99. The topological polar surface area (TPSA) is 53.4 Å². The molecule has 1 amide bonds. The van der Waals surface area contributed by atoms with Crippen LogP contribution in [0.3, 0.4) is 0 Å². The Morgan fingerprint density at radius 1 is 1.15 bits per heavy atom. The molecule has 26 heavy (non-hydrogen) atoms. The summed E-state index contributed by atoms with van der Waals surface area (Å²) in [5.41, 5.74) is 2.00. The summed E-state index contributed by atoms with van der Waals surface area (Å²) in [5.74, 6) is 0.505. The highest BCUT2D eigenvalue weighted by atomic mass is 19.1. The van der Waals surface area contributed by atoms with Crippen LogP contribution in [-0.4, -0.2) is 58.2 Å². The molecule has 1 aliphatic heterocycles. The second-order valence-electron chi connectivity index (χ2n) is 6.88. The van der Waals surface area contributed by atoms with E-state index in [-0.39, 0.29) is 11.7 Å². The lowest BCUT2D eigenvalue weighted by Crippen LogP contribution is -2.36. The number of amides is 1. The Morgan fingerprint density at radius 2 is 1.85 bits per heavy atom. The van der Waals surface area contributed by atoms with Crippen molar-refractivity contribution in [1.29, 1.82) is 0 Å². The number of aryl methyl sites for hydroxylation is 2. The van der Waals surface area contributed by atoms with Crippen molar-refractivity contribution in [3.05, 3.63) is 47.4 Å². The normalized spacial score (nSPS) is 16.4. The largest absolute Gasteiger partial charge is 0.310 e. The number of carbonyl (C=O) groups is 1. The van der Waals surface area contributed by atoms with Gasteiger partial charge in [0.25, 0.3) is 0 Å². The highest BCUT2D eigenvalue weighted by Gasteiger charge is 2.18.